The van der Waals surface area contributed by atoms with Gasteiger partial charge in [0, 0.05) is 0 Å². The molecule has 0 saturated heterocycles. The Kier molecular flexibility index (Phi) is 1.80. The first kappa shape index (κ1) is 7.66. The highest BCUT2D eigenvalue weighted by atomic mass is 32.1. The molecule has 0 amide bonds. The average Bonchev–Trinajstić information content (AvgIpc) is 2.49. The monoisotopic (exact) mass is 180 g/mol. The lowest BCUT2D eigenvalue weighted by Crippen LogP contribution is -2.29. The number of hydrogen-bond donors (Lipinski definition) is 2. The van der Waals surface area contributed by atoms with Crippen molar-refractivity contribution in [3.05, 3.63) is 18.2 Å². The summed E-state index contributed by atoms with van der Waals surface area (Å²) in [4.78, 5) is 0. The Hall–Kier alpha value is -0.975. The molecule has 0 fully saturated rings. The molecule has 0 saturated carbocycles. The van der Waals surface area contributed by atoms with Crippen molar-refractivity contribution in [3.8, 4) is 0 Å². The van der Waals surface area contributed by atoms with E-state index in [-0.39, 0.29) is 0 Å². The molecule has 0 bridgehead atoms. The molecular formula is C6H5BN2O2S. The summed E-state index contributed by atoms with van der Waals surface area (Å²) in [5, 5.41) is 21.5. The van der Waals surface area contributed by atoms with Crippen molar-refractivity contribution in [2.45, 2.75) is 0 Å². The van der Waals surface area contributed by atoms with Crippen LogP contribution in [0.3, 0.4) is 0 Å². The van der Waals surface area contributed by atoms with Crippen molar-refractivity contribution in [2.75, 3.05) is 0 Å². The van der Waals surface area contributed by atoms with Crippen molar-refractivity contribution < 1.29 is 10.0 Å². The van der Waals surface area contributed by atoms with Crippen LogP contribution in [0, 0.1) is 0 Å². The predicted molar refractivity (Wildman–Crippen MR) is 47.2 cm³/mol. The number of hydrogen-bond acceptors (Lipinski definition) is 5. The van der Waals surface area contributed by atoms with E-state index in [4.69, 9.17) is 10.0 Å². The quantitative estimate of drug-likeness (QED) is 0.573. The zero-order chi connectivity index (χ0) is 8.55. The third kappa shape index (κ3) is 1.20. The third-order valence-corrected chi connectivity index (χ3v) is 2.27. The molecule has 0 aliphatic heterocycles. The Balaban J connectivity index is 2.60. The second kappa shape index (κ2) is 2.82. The number of fused-ring (bicyclic) bond motifs is 1. The van der Waals surface area contributed by atoms with Gasteiger partial charge in [-0.3, -0.25) is 0 Å². The summed E-state index contributed by atoms with van der Waals surface area (Å²) in [6.45, 7) is 0. The molecule has 1 heterocycles. The van der Waals surface area contributed by atoms with E-state index in [1.165, 1.54) is 11.5 Å². The summed E-state index contributed by atoms with van der Waals surface area (Å²) in [5.41, 5.74) is 1.14. The fourth-order valence-corrected chi connectivity index (χ4v) is 1.50. The molecule has 2 rings (SSSR count). The predicted octanol–water partition coefficient (Wildman–Crippen LogP) is -0.629. The van der Waals surface area contributed by atoms with Gasteiger partial charge in [0.1, 0.15) is 5.52 Å². The van der Waals surface area contributed by atoms with Crippen molar-refractivity contribution in [2.24, 2.45) is 0 Å². The molecular weight excluding hydrogens is 175 g/mol. The minimum absolute atomic E-state index is 0.440. The average molecular weight is 180 g/mol. The van der Waals surface area contributed by atoms with Crippen LogP contribution < -0.4 is 5.46 Å². The van der Waals surface area contributed by atoms with E-state index in [0.29, 0.717) is 11.0 Å². The van der Waals surface area contributed by atoms with Gasteiger partial charge in [-0.15, -0.1) is 5.10 Å². The first-order valence-electron chi connectivity index (χ1n) is 3.35. The van der Waals surface area contributed by atoms with Crippen molar-refractivity contribution in [1.82, 2.24) is 9.59 Å². The molecule has 12 heavy (non-hydrogen) atoms. The van der Waals surface area contributed by atoms with Crippen molar-refractivity contribution in [1.29, 1.82) is 0 Å². The molecule has 0 unspecified atom stereocenters. The van der Waals surface area contributed by atoms with E-state index in [9.17, 15) is 0 Å². The van der Waals surface area contributed by atoms with Gasteiger partial charge in [0.05, 0.1) is 4.70 Å². The summed E-state index contributed by atoms with van der Waals surface area (Å²) < 4.78 is 4.67. The molecule has 0 radical (unpaired) electrons. The third-order valence-electron chi connectivity index (χ3n) is 1.57. The van der Waals surface area contributed by atoms with Gasteiger partial charge in [-0.05, 0) is 29.1 Å². The van der Waals surface area contributed by atoms with Gasteiger partial charge < -0.3 is 10.0 Å². The molecule has 0 aliphatic rings. The van der Waals surface area contributed by atoms with Gasteiger partial charge in [-0.1, -0.05) is 10.6 Å². The number of aromatic nitrogens is 2. The molecule has 2 aromatic rings. The Morgan fingerprint density at radius 3 is 2.92 bits per heavy atom. The zero-order valence-corrected chi connectivity index (χ0v) is 6.82. The fourth-order valence-electron chi connectivity index (χ4n) is 0.959. The first-order chi connectivity index (χ1) is 5.77. The van der Waals surface area contributed by atoms with Crippen LogP contribution >= 0.6 is 11.5 Å². The van der Waals surface area contributed by atoms with Gasteiger partial charge in [-0.2, -0.15) is 0 Å². The second-order valence-corrected chi connectivity index (χ2v) is 3.16. The summed E-state index contributed by atoms with van der Waals surface area (Å²) in [6.07, 6.45) is 0. The summed E-state index contributed by atoms with van der Waals surface area (Å²) in [6, 6.07) is 5.03. The van der Waals surface area contributed by atoms with Gasteiger partial charge in [-0.25, -0.2) is 0 Å². The topological polar surface area (TPSA) is 66.2 Å². The van der Waals surface area contributed by atoms with E-state index >= 15 is 0 Å². The molecule has 4 nitrogen and oxygen atoms in total. The van der Waals surface area contributed by atoms with Crippen LogP contribution in [0.25, 0.3) is 10.2 Å². The lowest BCUT2D eigenvalue weighted by atomic mass is 9.80. The van der Waals surface area contributed by atoms with Crippen LogP contribution in [0.1, 0.15) is 0 Å². The zero-order valence-electron chi connectivity index (χ0n) is 6.01. The van der Waals surface area contributed by atoms with Crippen LogP contribution in [0.4, 0.5) is 0 Å². The van der Waals surface area contributed by atoms with Gasteiger partial charge in [0.2, 0.25) is 0 Å². The van der Waals surface area contributed by atoms with E-state index < -0.39 is 7.12 Å². The van der Waals surface area contributed by atoms with Crippen LogP contribution in [0.5, 0.6) is 0 Å². The van der Waals surface area contributed by atoms with Gasteiger partial charge in [0.25, 0.3) is 0 Å². The van der Waals surface area contributed by atoms with E-state index in [2.05, 4.69) is 9.59 Å². The van der Waals surface area contributed by atoms with Gasteiger partial charge in [0.15, 0.2) is 0 Å². The molecule has 60 valence electrons. The number of rotatable bonds is 1. The SMILES string of the molecule is OB(O)c1ccc2snnc2c1. The second-order valence-electron chi connectivity index (χ2n) is 2.37. The minimum atomic E-state index is -1.43. The molecule has 6 heteroatoms. The normalized spacial score (nSPS) is 10.5. The Labute approximate surface area is 72.8 Å². The summed E-state index contributed by atoms with van der Waals surface area (Å²) in [5.74, 6) is 0. The maximum absolute atomic E-state index is 8.83. The van der Waals surface area contributed by atoms with Crippen LogP contribution in [-0.4, -0.2) is 26.8 Å². The van der Waals surface area contributed by atoms with Crippen LogP contribution in [0.15, 0.2) is 18.2 Å². The Morgan fingerprint density at radius 1 is 1.33 bits per heavy atom. The Morgan fingerprint density at radius 2 is 2.17 bits per heavy atom. The lowest BCUT2D eigenvalue weighted by Gasteiger charge is -1.96. The van der Waals surface area contributed by atoms with Gasteiger partial charge >= 0.3 is 7.12 Å². The Bertz CT molecular complexity index is 403. The van der Waals surface area contributed by atoms with E-state index in [1.54, 1.807) is 18.2 Å². The lowest BCUT2D eigenvalue weighted by molar-refractivity contribution is 0.426. The van der Waals surface area contributed by atoms with Crippen molar-refractivity contribution >= 4 is 34.3 Å². The van der Waals surface area contributed by atoms with E-state index in [0.717, 1.165) is 4.70 Å². The number of benzene rings is 1. The summed E-state index contributed by atoms with van der Waals surface area (Å²) in [7, 11) is -1.43. The maximum Gasteiger partial charge on any atom is 0.488 e. The van der Waals surface area contributed by atoms with Crippen molar-refractivity contribution in [3.63, 3.8) is 0 Å². The largest absolute Gasteiger partial charge is 0.488 e. The van der Waals surface area contributed by atoms with Crippen LogP contribution in [-0.2, 0) is 0 Å². The highest BCUT2D eigenvalue weighted by Gasteiger charge is 2.11. The minimum Gasteiger partial charge on any atom is -0.423 e. The smallest absolute Gasteiger partial charge is 0.423 e. The highest BCUT2D eigenvalue weighted by molar-refractivity contribution is 7.12. The van der Waals surface area contributed by atoms with Crippen LogP contribution in [0.2, 0.25) is 0 Å². The molecule has 2 N–H and O–H groups in total. The molecule has 0 atom stereocenters. The molecule has 0 spiro atoms. The highest BCUT2D eigenvalue weighted by Crippen LogP contribution is 2.12. The maximum atomic E-state index is 8.83. The number of nitrogens with zero attached hydrogens (tertiary/aromatic N) is 2. The van der Waals surface area contributed by atoms with E-state index in [1.807, 2.05) is 0 Å². The molecule has 1 aromatic heterocycles. The molecule has 0 aliphatic carbocycles. The fraction of sp³-hybridized carbons (Fsp3) is 0. The molecule has 1 aromatic carbocycles. The summed E-state index contributed by atoms with van der Waals surface area (Å²) >= 11 is 1.28. The first-order valence-corrected chi connectivity index (χ1v) is 4.13. The standard InChI is InChI=1S/C6H5BN2O2S/c10-7(11)4-1-2-6-5(3-4)8-9-12-6/h1-3,10-11H.